The third-order valence-electron chi connectivity index (χ3n) is 14.2. The molecule has 4 aliphatic rings. The summed E-state index contributed by atoms with van der Waals surface area (Å²) in [6.07, 6.45) is -1.05. The Hall–Kier alpha value is -7.18. The minimum atomic E-state index is -1.66. The van der Waals surface area contributed by atoms with Crippen molar-refractivity contribution < 1.29 is 34.1 Å². The van der Waals surface area contributed by atoms with Crippen molar-refractivity contribution in [3.05, 3.63) is 173 Å². The van der Waals surface area contributed by atoms with Gasteiger partial charge in [0.15, 0.2) is 5.60 Å². The van der Waals surface area contributed by atoms with E-state index in [9.17, 15) is 24.6 Å². The molecule has 1 fully saturated rings. The third kappa shape index (κ3) is 6.29. The summed E-state index contributed by atoms with van der Waals surface area (Å²) in [7, 11) is 0. The summed E-state index contributed by atoms with van der Waals surface area (Å²) in [5.74, 6) is -2.25. The summed E-state index contributed by atoms with van der Waals surface area (Å²) >= 11 is 0. The fraction of sp³-hybridized carbons (Fsp3) is 0.236. The van der Waals surface area contributed by atoms with E-state index in [0.717, 1.165) is 44.0 Å². The molecule has 1 spiro atoms. The molecule has 7 aromatic carbocycles. The molecule has 1 saturated heterocycles. The number of carbonyl (C=O) groups is 4. The van der Waals surface area contributed by atoms with E-state index in [1.165, 1.54) is 0 Å². The summed E-state index contributed by atoms with van der Waals surface area (Å²) in [4.78, 5) is 64.7. The maximum Gasteiger partial charge on any atom is 0.264 e. The van der Waals surface area contributed by atoms with Crippen LogP contribution in [-0.2, 0) is 33.0 Å². The van der Waals surface area contributed by atoms with Gasteiger partial charge in [-0.25, -0.2) is 0 Å². The number of ether oxygens (including phenoxy) is 1. The van der Waals surface area contributed by atoms with Crippen LogP contribution in [0.5, 0.6) is 0 Å². The van der Waals surface area contributed by atoms with Gasteiger partial charge >= 0.3 is 0 Å². The first-order valence-electron chi connectivity index (χ1n) is 22.5. The highest BCUT2D eigenvalue weighted by Crippen LogP contribution is 2.59. The fourth-order valence-corrected chi connectivity index (χ4v) is 11.4. The first kappa shape index (κ1) is 41.5. The lowest BCUT2D eigenvalue weighted by Crippen LogP contribution is -2.46. The number of rotatable bonds is 11. The topological polar surface area (TPSA) is 131 Å². The van der Waals surface area contributed by atoms with Crippen LogP contribution < -0.4 is 14.7 Å². The van der Waals surface area contributed by atoms with Crippen LogP contribution in [-0.4, -0.2) is 63.6 Å². The van der Waals surface area contributed by atoms with Crippen LogP contribution in [0.1, 0.15) is 64.6 Å². The summed E-state index contributed by atoms with van der Waals surface area (Å²) in [6, 6.07) is 45.9. The molecule has 0 saturated carbocycles. The van der Waals surface area contributed by atoms with Gasteiger partial charge in [-0.1, -0.05) is 97.9 Å². The zero-order valence-electron chi connectivity index (χ0n) is 36.8. The average molecular weight is 877 g/mol. The zero-order chi connectivity index (χ0) is 45.6. The highest BCUT2D eigenvalue weighted by atomic mass is 16.5. The van der Waals surface area contributed by atoms with Gasteiger partial charge in [0.05, 0.1) is 59.5 Å². The van der Waals surface area contributed by atoms with E-state index in [1.54, 1.807) is 33.4 Å². The van der Waals surface area contributed by atoms with Crippen LogP contribution in [0.2, 0.25) is 0 Å². The quantitative estimate of drug-likeness (QED) is 0.133. The molecule has 4 aliphatic heterocycles. The Bertz CT molecular complexity index is 3140. The number of fused-ring (bicyclic) bond motifs is 2. The molecule has 330 valence electrons. The van der Waals surface area contributed by atoms with E-state index in [-0.39, 0.29) is 56.3 Å². The molecule has 0 radical (unpaired) electrons. The van der Waals surface area contributed by atoms with Crippen molar-refractivity contribution in [2.75, 3.05) is 27.9 Å². The Morgan fingerprint density at radius 3 is 1.86 bits per heavy atom. The molecule has 4 atom stereocenters. The number of aliphatic hydroxyl groups excluding tert-OH is 1. The second-order valence-corrected chi connectivity index (χ2v) is 18.5. The van der Waals surface area contributed by atoms with Crippen molar-refractivity contribution in [3.8, 4) is 0 Å². The van der Waals surface area contributed by atoms with Crippen LogP contribution in [0, 0.1) is 11.8 Å². The molecule has 2 N–H and O–H groups in total. The Labute approximate surface area is 382 Å². The van der Waals surface area contributed by atoms with Gasteiger partial charge in [0.25, 0.3) is 17.7 Å². The predicted octanol–water partition coefficient (Wildman–Crippen LogP) is 9.15. The molecule has 7 aromatic rings. The molecular weight excluding hydrogens is 829 g/mol. The first-order valence-corrected chi connectivity index (χ1v) is 22.5. The largest absolute Gasteiger partial charge is 0.395 e. The molecule has 4 amide bonds. The highest BCUT2D eigenvalue weighted by Gasteiger charge is 2.66. The monoisotopic (exact) mass is 876 g/mol. The number of carbonyl (C=O) groups excluding carboxylic acids is 4. The maximum atomic E-state index is 15.6. The zero-order valence-corrected chi connectivity index (χ0v) is 36.8. The molecule has 66 heavy (non-hydrogen) atoms. The molecular formula is C55H48N4O7. The third-order valence-corrected chi connectivity index (χ3v) is 14.2. The summed E-state index contributed by atoms with van der Waals surface area (Å²) in [5, 5.41) is 25.7. The Kier molecular flexibility index (Phi) is 9.74. The number of aliphatic hydroxyl groups is 2. The molecule has 0 aliphatic carbocycles. The number of benzene rings is 7. The van der Waals surface area contributed by atoms with Gasteiger partial charge in [-0.2, -0.15) is 0 Å². The SMILES string of the molecule is C[C@@H]1[C@@H](C(C)(C)O)[C@H](CC(=O)N(CCO)Cc2ccccc2)O[C@@]12C(=O)N(Cc1ccc(N3C(=O)c4cccc5cccc3c45)cc1)c1ccc(N3C(=O)c4cccc5cccc3c45)cc12. The Morgan fingerprint density at radius 1 is 0.697 bits per heavy atom. The van der Waals surface area contributed by atoms with Crippen molar-refractivity contribution in [3.63, 3.8) is 0 Å². The van der Waals surface area contributed by atoms with Crippen molar-refractivity contribution >= 4 is 73.6 Å². The molecule has 11 rings (SSSR count). The van der Waals surface area contributed by atoms with E-state index in [2.05, 4.69) is 0 Å². The normalized spacial score (nSPS) is 20.7. The van der Waals surface area contributed by atoms with E-state index < -0.39 is 29.1 Å². The second-order valence-electron chi connectivity index (χ2n) is 18.5. The lowest BCUT2D eigenvalue weighted by atomic mass is 9.70. The highest BCUT2D eigenvalue weighted by molar-refractivity contribution is 6.29. The molecule has 11 nitrogen and oxygen atoms in total. The van der Waals surface area contributed by atoms with Crippen LogP contribution >= 0.6 is 0 Å². The smallest absolute Gasteiger partial charge is 0.264 e. The standard InChI is InChI=1S/C55H48N4O7/c1-33-50(54(2,3)65)46(30-47(61)56(27-28-60)31-34-11-5-4-6-12-34)66-55(33)42-29-39(59-45-20-10-16-37-14-8-18-41(49(37)45)52(59)63)25-26-43(42)57(53(55)64)32-35-21-23-38(24-22-35)58-44-19-9-15-36-13-7-17-40(48(36)44)51(58)62/h4-26,29,33,46,50,60,65H,27-28,30-32H2,1-3H3/t33-,46+,50-,55+/m1/s1. The van der Waals surface area contributed by atoms with Gasteiger partial charge in [-0.3, -0.25) is 29.0 Å². The molecule has 0 aromatic heterocycles. The molecule has 4 heterocycles. The first-order chi connectivity index (χ1) is 31.9. The van der Waals surface area contributed by atoms with Crippen LogP contribution in [0.4, 0.5) is 28.4 Å². The minimum Gasteiger partial charge on any atom is -0.395 e. The number of amides is 4. The number of hydrogen-bond donors (Lipinski definition) is 2. The minimum absolute atomic E-state index is 0.0968. The number of anilines is 5. The van der Waals surface area contributed by atoms with Crippen molar-refractivity contribution in [1.82, 2.24) is 4.90 Å². The lowest BCUT2D eigenvalue weighted by molar-refractivity contribution is -0.150. The maximum absolute atomic E-state index is 15.6. The Morgan fingerprint density at radius 2 is 1.27 bits per heavy atom. The van der Waals surface area contributed by atoms with E-state index in [1.807, 2.05) is 153 Å². The fourth-order valence-electron chi connectivity index (χ4n) is 11.4. The van der Waals surface area contributed by atoms with Gasteiger partial charge in [0, 0.05) is 52.6 Å². The molecule has 11 heteroatoms. The van der Waals surface area contributed by atoms with E-state index >= 15 is 4.79 Å². The Balaban J connectivity index is 0.978. The van der Waals surface area contributed by atoms with Crippen molar-refractivity contribution in [2.24, 2.45) is 11.8 Å². The van der Waals surface area contributed by atoms with Gasteiger partial charge in [-0.15, -0.1) is 0 Å². The number of hydrogen-bond acceptors (Lipinski definition) is 7. The van der Waals surface area contributed by atoms with Crippen LogP contribution in [0.15, 0.2) is 146 Å². The lowest BCUT2D eigenvalue weighted by Gasteiger charge is -2.34. The van der Waals surface area contributed by atoms with Crippen LogP contribution in [0.25, 0.3) is 21.5 Å². The van der Waals surface area contributed by atoms with Gasteiger partial charge in [-0.05, 0) is 90.3 Å². The van der Waals surface area contributed by atoms with E-state index in [4.69, 9.17) is 4.74 Å². The van der Waals surface area contributed by atoms with E-state index in [0.29, 0.717) is 33.8 Å². The molecule has 0 bridgehead atoms. The number of nitrogens with zero attached hydrogens (tertiary/aromatic N) is 4. The average Bonchev–Trinajstić information content (AvgIpc) is 3.96. The summed E-state index contributed by atoms with van der Waals surface area (Å²) in [5.41, 5.74) is 3.83. The molecule has 0 unspecified atom stereocenters. The summed E-state index contributed by atoms with van der Waals surface area (Å²) in [6.45, 7) is 5.55. The summed E-state index contributed by atoms with van der Waals surface area (Å²) < 4.78 is 7.13. The second kappa shape index (κ2) is 15.5. The van der Waals surface area contributed by atoms with Gasteiger partial charge < -0.3 is 24.7 Å². The van der Waals surface area contributed by atoms with Crippen molar-refractivity contribution in [1.29, 1.82) is 0 Å². The van der Waals surface area contributed by atoms with Gasteiger partial charge in [0.2, 0.25) is 5.91 Å². The van der Waals surface area contributed by atoms with Crippen molar-refractivity contribution in [2.45, 2.75) is 57.6 Å². The predicted molar refractivity (Wildman–Crippen MR) is 254 cm³/mol. The van der Waals surface area contributed by atoms with Gasteiger partial charge in [0.1, 0.15) is 0 Å². The van der Waals surface area contributed by atoms with Crippen LogP contribution in [0.3, 0.4) is 0 Å².